The Bertz CT molecular complexity index is 78.7. The molecule has 0 heterocycles. The molecule has 0 spiro atoms. The first-order valence-corrected chi connectivity index (χ1v) is 4.43. The molecule has 1 aliphatic carbocycles. The Labute approximate surface area is 62.8 Å². The molecule has 1 aliphatic rings. The van der Waals surface area contributed by atoms with Crippen molar-refractivity contribution in [2.45, 2.75) is 51.6 Å². The Kier molecular flexibility index (Phi) is 3.17. The van der Waals surface area contributed by atoms with E-state index in [1.807, 2.05) is 0 Å². The normalized spacial score (nSPS) is 36.6. The lowest BCUT2D eigenvalue weighted by Gasteiger charge is -2.17. The van der Waals surface area contributed by atoms with Crippen LogP contribution in [0.3, 0.4) is 0 Å². The summed E-state index contributed by atoms with van der Waals surface area (Å²) in [6.07, 6.45) is 5.87. The van der Waals surface area contributed by atoms with Crippen molar-refractivity contribution in [1.82, 2.24) is 0 Å². The van der Waals surface area contributed by atoms with Crippen molar-refractivity contribution in [3.8, 4) is 0 Å². The van der Waals surface area contributed by atoms with Gasteiger partial charge < -0.3 is 0 Å². The zero-order valence-corrected chi connectivity index (χ0v) is 6.78. The van der Waals surface area contributed by atoms with Crippen molar-refractivity contribution >= 4 is 0 Å². The first kappa shape index (κ1) is 8.03. The minimum atomic E-state index is -0.497. The van der Waals surface area contributed by atoms with E-state index in [2.05, 4.69) is 6.92 Å². The van der Waals surface area contributed by atoms with Gasteiger partial charge in [0.1, 0.15) is 6.17 Å². The van der Waals surface area contributed by atoms with Gasteiger partial charge in [-0.05, 0) is 25.2 Å². The number of hydrogen-bond donors (Lipinski definition) is 0. The lowest BCUT2D eigenvalue weighted by Crippen LogP contribution is -2.07. The molecule has 0 aromatic rings. The Hall–Kier alpha value is -0.0700. The van der Waals surface area contributed by atoms with Crippen molar-refractivity contribution < 1.29 is 4.39 Å². The van der Waals surface area contributed by atoms with Crippen LogP contribution in [0.15, 0.2) is 0 Å². The average molecular weight is 144 g/mol. The predicted octanol–water partition coefficient (Wildman–Crippen LogP) is 3.31. The van der Waals surface area contributed by atoms with E-state index in [1.165, 1.54) is 12.8 Å². The van der Waals surface area contributed by atoms with Crippen molar-refractivity contribution in [2.24, 2.45) is 5.92 Å². The van der Waals surface area contributed by atoms with Crippen LogP contribution in [0.2, 0.25) is 0 Å². The molecule has 1 rings (SSSR count). The van der Waals surface area contributed by atoms with E-state index in [1.54, 1.807) is 0 Å². The SMILES string of the molecule is C[C@H]1CCCCC(F)CC1. The molecule has 1 fully saturated rings. The maximum atomic E-state index is 12.8. The fourth-order valence-electron chi connectivity index (χ4n) is 1.61. The monoisotopic (exact) mass is 144 g/mol. The molecule has 1 heteroatoms. The molecule has 0 aromatic carbocycles. The molecule has 2 atom stereocenters. The molecular weight excluding hydrogens is 127 g/mol. The highest BCUT2D eigenvalue weighted by atomic mass is 19.1. The second kappa shape index (κ2) is 3.95. The van der Waals surface area contributed by atoms with Gasteiger partial charge in [-0.15, -0.1) is 0 Å². The van der Waals surface area contributed by atoms with E-state index in [4.69, 9.17) is 0 Å². The van der Waals surface area contributed by atoms with Gasteiger partial charge in [-0.3, -0.25) is 0 Å². The molecule has 0 N–H and O–H groups in total. The quantitative estimate of drug-likeness (QED) is 0.489. The summed E-state index contributed by atoms with van der Waals surface area (Å²) in [6, 6.07) is 0. The van der Waals surface area contributed by atoms with Gasteiger partial charge in [-0.1, -0.05) is 26.2 Å². The van der Waals surface area contributed by atoms with Crippen molar-refractivity contribution in [1.29, 1.82) is 0 Å². The van der Waals surface area contributed by atoms with Crippen LogP contribution in [-0.2, 0) is 0 Å². The van der Waals surface area contributed by atoms with Gasteiger partial charge in [0.25, 0.3) is 0 Å². The fraction of sp³-hybridized carbons (Fsp3) is 1.00. The number of rotatable bonds is 0. The smallest absolute Gasteiger partial charge is 0.100 e. The number of hydrogen-bond acceptors (Lipinski definition) is 0. The van der Waals surface area contributed by atoms with E-state index >= 15 is 0 Å². The minimum Gasteiger partial charge on any atom is -0.247 e. The summed E-state index contributed by atoms with van der Waals surface area (Å²) in [4.78, 5) is 0. The maximum Gasteiger partial charge on any atom is 0.100 e. The number of alkyl halides is 1. The zero-order valence-electron chi connectivity index (χ0n) is 6.78. The summed E-state index contributed by atoms with van der Waals surface area (Å²) in [5.41, 5.74) is 0. The highest BCUT2D eigenvalue weighted by Gasteiger charge is 2.12. The van der Waals surface area contributed by atoms with Gasteiger partial charge in [-0.2, -0.15) is 0 Å². The van der Waals surface area contributed by atoms with E-state index in [-0.39, 0.29) is 0 Å². The predicted molar refractivity (Wildman–Crippen MR) is 41.8 cm³/mol. The summed E-state index contributed by atoms with van der Waals surface area (Å²) >= 11 is 0. The van der Waals surface area contributed by atoms with Crippen LogP contribution in [0.1, 0.15) is 45.4 Å². The highest BCUT2D eigenvalue weighted by molar-refractivity contribution is 4.64. The minimum absolute atomic E-state index is 0.497. The molecule has 1 unspecified atom stereocenters. The largest absolute Gasteiger partial charge is 0.247 e. The van der Waals surface area contributed by atoms with E-state index in [9.17, 15) is 4.39 Å². The van der Waals surface area contributed by atoms with Gasteiger partial charge in [-0.25, -0.2) is 4.39 Å². The molecule has 0 amide bonds. The van der Waals surface area contributed by atoms with E-state index < -0.39 is 6.17 Å². The lowest BCUT2D eigenvalue weighted by molar-refractivity contribution is 0.245. The van der Waals surface area contributed by atoms with Gasteiger partial charge in [0.15, 0.2) is 0 Å². The maximum absolute atomic E-state index is 12.8. The molecule has 0 radical (unpaired) electrons. The standard InChI is InChI=1S/C9H17F/c1-8-4-2-3-5-9(10)7-6-8/h8-9H,2-7H2,1H3/t8-,9?/m0/s1. The summed E-state index contributed by atoms with van der Waals surface area (Å²) < 4.78 is 12.8. The van der Waals surface area contributed by atoms with Crippen molar-refractivity contribution in [2.75, 3.05) is 0 Å². The fourth-order valence-corrected chi connectivity index (χ4v) is 1.61. The third-order valence-electron chi connectivity index (χ3n) is 2.44. The Morgan fingerprint density at radius 2 is 1.70 bits per heavy atom. The van der Waals surface area contributed by atoms with Gasteiger partial charge >= 0.3 is 0 Å². The first-order chi connectivity index (χ1) is 4.79. The molecular formula is C9H17F. The van der Waals surface area contributed by atoms with Crippen molar-refractivity contribution in [3.63, 3.8) is 0 Å². The molecule has 0 bridgehead atoms. The molecule has 0 nitrogen and oxygen atoms in total. The lowest BCUT2D eigenvalue weighted by atomic mass is 9.92. The van der Waals surface area contributed by atoms with Crippen LogP contribution in [0.5, 0.6) is 0 Å². The molecule has 0 saturated heterocycles. The first-order valence-electron chi connectivity index (χ1n) is 4.43. The molecule has 10 heavy (non-hydrogen) atoms. The van der Waals surface area contributed by atoms with Crippen LogP contribution in [0.4, 0.5) is 4.39 Å². The van der Waals surface area contributed by atoms with Gasteiger partial charge in [0.05, 0.1) is 0 Å². The number of halogens is 1. The average Bonchev–Trinajstić information content (AvgIpc) is 1.90. The Morgan fingerprint density at radius 1 is 1.00 bits per heavy atom. The summed E-state index contributed by atoms with van der Waals surface area (Å²) in [7, 11) is 0. The highest BCUT2D eigenvalue weighted by Crippen LogP contribution is 2.23. The van der Waals surface area contributed by atoms with Crippen molar-refractivity contribution in [3.05, 3.63) is 0 Å². The van der Waals surface area contributed by atoms with Crippen LogP contribution in [-0.4, -0.2) is 6.17 Å². The van der Waals surface area contributed by atoms with Gasteiger partial charge in [0, 0.05) is 0 Å². The topological polar surface area (TPSA) is 0 Å². The summed E-state index contributed by atoms with van der Waals surface area (Å²) in [5.74, 6) is 0.763. The third-order valence-corrected chi connectivity index (χ3v) is 2.44. The van der Waals surface area contributed by atoms with Crippen LogP contribution in [0, 0.1) is 5.92 Å². The molecule has 60 valence electrons. The Morgan fingerprint density at radius 3 is 2.50 bits per heavy atom. The zero-order chi connectivity index (χ0) is 7.40. The molecule has 0 aliphatic heterocycles. The second-order valence-electron chi connectivity index (χ2n) is 3.56. The van der Waals surface area contributed by atoms with Gasteiger partial charge in [0.2, 0.25) is 0 Å². The third kappa shape index (κ3) is 2.68. The van der Waals surface area contributed by atoms with E-state index in [0.29, 0.717) is 0 Å². The van der Waals surface area contributed by atoms with Crippen LogP contribution in [0.25, 0.3) is 0 Å². The summed E-state index contributed by atoms with van der Waals surface area (Å²) in [6.45, 7) is 2.23. The molecule has 1 saturated carbocycles. The summed E-state index contributed by atoms with van der Waals surface area (Å²) in [5, 5.41) is 0. The molecule has 0 aromatic heterocycles. The second-order valence-corrected chi connectivity index (χ2v) is 3.56. The van der Waals surface area contributed by atoms with E-state index in [0.717, 1.165) is 31.6 Å². The van der Waals surface area contributed by atoms with Crippen LogP contribution >= 0.6 is 0 Å². The van der Waals surface area contributed by atoms with Crippen LogP contribution < -0.4 is 0 Å². The Balaban J connectivity index is 2.23.